The fraction of sp³-hybridized carbons (Fsp3) is 1.00. The molecule has 0 spiro atoms. The number of rotatable bonds is 2. The molecule has 0 aromatic rings. The molecule has 0 fully saturated rings. The van der Waals surface area contributed by atoms with Crippen LogP contribution in [0.4, 0.5) is 4.39 Å². The molecule has 0 aromatic heterocycles. The van der Waals surface area contributed by atoms with Gasteiger partial charge in [0.1, 0.15) is 5.67 Å². The van der Waals surface area contributed by atoms with Crippen LogP contribution in [-0.4, -0.2) is 17.4 Å². The molecule has 0 saturated heterocycles. The van der Waals surface area contributed by atoms with Crippen LogP contribution in [0.25, 0.3) is 0 Å². The predicted molar refractivity (Wildman–Crippen MR) is 40.7 cm³/mol. The van der Waals surface area contributed by atoms with Gasteiger partial charge in [-0.3, -0.25) is 0 Å². The zero-order valence-electron chi connectivity index (χ0n) is 7.24. The van der Waals surface area contributed by atoms with Crippen molar-refractivity contribution in [2.75, 3.05) is 6.61 Å². The summed E-state index contributed by atoms with van der Waals surface area (Å²) in [5.74, 6) is 0. The summed E-state index contributed by atoms with van der Waals surface area (Å²) in [6, 6.07) is 0. The van der Waals surface area contributed by atoms with E-state index < -0.39 is 11.1 Å². The van der Waals surface area contributed by atoms with Gasteiger partial charge in [0, 0.05) is 0 Å². The molecule has 10 heavy (non-hydrogen) atoms. The lowest BCUT2D eigenvalue weighted by atomic mass is 9.77. The Labute approximate surface area is 62.3 Å². The van der Waals surface area contributed by atoms with Gasteiger partial charge in [0.05, 0.1) is 6.61 Å². The zero-order chi connectivity index (χ0) is 8.41. The molecule has 0 saturated carbocycles. The minimum absolute atomic E-state index is 0.368. The van der Waals surface area contributed by atoms with Crippen LogP contribution in [0.5, 0.6) is 0 Å². The molecule has 1 N–H and O–H groups in total. The van der Waals surface area contributed by atoms with Gasteiger partial charge in [0.2, 0.25) is 0 Å². The molecule has 0 aliphatic heterocycles. The maximum absolute atomic E-state index is 13.5. The van der Waals surface area contributed by atoms with Crippen molar-refractivity contribution < 1.29 is 9.50 Å². The van der Waals surface area contributed by atoms with E-state index in [2.05, 4.69) is 0 Å². The van der Waals surface area contributed by atoms with Crippen LogP contribution in [-0.2, 0) is 0 Å². The van der Waals surface area contributed by atoms with E-state index in [0.717, 1.165) is 0 Å². The van der Waals surface area contributed by atoms with Crippen molar-refractivity contribution in [3.8, 4) is 0 Å². The predicted octanol–water partition coefficient (Wildman–Crippen LogP) is 2.14. The number of aliphatic hydroxyl groups excluding tert-OH is 1. The topological polar surface area (TPSA) is 20.2 Å². The first-order valence-corrected chi connectivity index (χ1v) is 3.67. The molecule has 0 aromatic carbocycles. The fourth-order valence-corrected chi connectivity index (χ4v) is 0.879. The van der Waals surface area contributed by atoms with Gasteiger partial charge in [-0.2, -0.15) is 0 Å². The molecule has 0 radical (unpaired) electrons. The lowest BCUT2D eigenvalue weighted by molar-refractivity contribution is -0.0258. The molecule has 0 amide bonds. The highest BCUT2D eigenvalue weighted by Crippen LogP contribution is 2.36. The Balaban J connectivity index is 4.33. The average molecular weight is 148 g/mol. The van der Waals surface area contributed by atoms with E-state index in [1.54, 1.807) is 27.7 Å². The number of aliphatic hydroxyl groups is 1. The molecule has 2 heteroatoms. The molecule has 0 heterocycles. The SMILES string of the molecule is CCC(F)(CO)C(C)(C)C. The van der Waals surface area contributed by atoms with Crippen molar-refractivity contribution in [1.82, 2.24) is 0 Å². The normalized spacial score (nSPS) is 18.6. The summed E-state index contributed by atoms with van der Waals surface area (Å²) >= 11 is 0. The molecule has 1 atom stereocenters. The highest BCUT2D eigenvalue weighted by Gasteiger charge is 2.39. The van der Waals surface area contributed by atoms with Crippen LogP contribution < -0.4 is 0 Å². The van der Waals surface area contributed by atoms with Gasteiger partial charge in [-0.15, -0.1) is 0 Å². The Kier molecular flexibility index (Phi) is 2.84. The second-order valence-electron chi connectivity index (χ2n) is 3.73. The minimum Gasteiger partial charge on any atom is -0.393 e. The third kappa shape index (κ3) is 1.69. The number of halogens is 1. The van der Waals surface area contributed by atoms with E-state index in [1.807, 2.05) is 0 Å². The van der Waals surface area contributed by atoms with Crippen LogP contribution in [0.2, 0.25) is 0 Å². The van der Waals surface area contributed by atoms with Gasteiger partial charge < -0.3 is 5.11 Å². The van der Waals surface area contributed by atoms with Gasteiger partial charge in [-0.1, -0.05) is 27.7 Å². The highest BCUT2D eigenvalue weighted by molar-refractivity contribution is 4.89. The summed E-state index contributed by atoms with van der Waals surface area (Å²) in [6.45, 7) is 6.76. The molecule has 0 bridgehead atoms. The summed E-state index contributed by atoms with van der Waals surface area (Å²) < 4.78 is 13.5. The van der Waals surface area contributed by atoms with Gasteiger partial charge in [0.25, 0.3) is 0 Å². The van der Waals surface area contributed by atoms with Crippen molar-refractivity contribution in [2.24, 2.45) is 5.41 Å². The molecular weight excluding hydrogens is 131 g/mol. The molecule has 1 unspecified atom stereocenters. The monoisotopic (exact) mass is 148 g/mol. The molecular formula is C8H17FO. The molecule has 0 aliphatic rings. The number of hydrogen-bond donors (Lipinski definition) is 1. The van der Waals surface area contributed by atoms with E-state index in [1.165, 1.54) is 0 Å². The number of alkyl halides is 1. The van der Waals surface area contributed by atoms with E-state index in [0.29, 0.717) is 6.42 Å². The Bertz CT molecular complexity index is 100. The van der Waals surface area contributed by atoms with Crippen molar-refractivity contribution in [3.63, 3.8) is 0 Å². The summed E-state index contributed by atoms with van der Waals surface area (Å²) in [4.78, 5) is 0. The van der Waals surface area contributed by atoms with Gasteiger partial charge >= 0.3 is 0 Å². The van der Waals surface area contributed by atoms with Crippen molar-refractivity contribution in [1.29, 1.82) is 0 Å². The first-order chi connectivity index (χ1) is 4.37. The van der Waals surface area contributed by atoms with Crippen molar-refractivity contribution in [3.05, 3.63) is 0 Å². The molecule has 62 valence electrons. The van der Waals surface area contributed by atoms with E-state index in [4.69, 9.17) is 5.11 Å². The Hall–Kier alpha value is -0.110. The van der Waals surface area contributed by atoms with Crippen molar-refractivity contribution >= 4 is 0 Å². The second-order valence-corrected chi connectivity index (χ2v) is 3.73. The highest BCUT2D eigenvalue weighted by atomic mass is 19.1. The zero-order valence-corrected chi connectivity index (χ0v) is 7.24. The van der Waals surface area contributed by atoms with Crippen LogP contribution in [0.1, 0.15) is 34.1 Å². The van der Waals surface area contributed by atoms with E-state index >= 15 is 0 Å². The summed E-state index contributed by atoms with van der Waals surface area (Å²) in [5, 5.41) is 8.75. The van der Waals surface area contributed by atoms with E-state index in [9.17, 15) is 4.39 Å². The quantitative estimate of drug-likeness (QED) is 0.636. The van der Waals surface area contributed by atoms with E-state index in [-0.39, 0.29) is 6.61 Å². The molecule has 0 aliphatic carbocycles. The van der Waals surface area contributed by atoms with Crippen molar-refractivity contribution in [2.45, 2.75) is 39.8 Å². The minimum atomic E-state index is -1.42. The first kappa shape index (κ1) is 9.89. The lowest BCUT2D eigenvalue weighted by Gasteiger charge is -2.35. The fourth-order valence-electron chi connectivity index (χ4n) is 0.879. The lowest BCUT2D eigenvalue weighted by Crippen LogP contribution is -2.41. The number of hydrogen-bond acceptors (Lipinski definition) is 1. The molecule has 1 nitrogen and oxygen atoms in total. The molecule has 0 rings (SSSR count). The Morgan fingerprint density at radius 1 is 1.30 bits per heavy atom. The van der Waals surface area contributed by atoms with Gasteiger partial charge in [-0.25, -0.2) is 4.39 Å². The Morgan fingerprint density at radius 2 is 1.70 bits per heavy atom. The average Bonchev–Trinajstić information content (AvgIpc) is 1.84. The largest absolute Gasteiger partial charge is 0.393 e. The second kappa shape index (κ2) is 2.87. The van der Waals surface area contributed by atoms with Crippen LogP contribution in [0.3, 0.4) is 0 Å². The first-order valence-electron chi connectivity index (χ1n) is 3.67. The van der Waals surface area contributed by atoms with Crippen LogP contribution in [0.15, 0.2) is 0 Å². The summed E-state index contributed by atoms with van der Waals surface area (Å²) in [6.07, 6.45) is 0.368. The Morgan fingerprint density at radius 3 is 1.70 bits per heavy atom. The summed E-state index contributed by atoms with van der Waals surface area (Å²) in [7, 11) is 0. The maximum atomic E-state index is 13.5. The van der Waals surface area contributed by atoms with Gasteiger partial charge in [0.15, 0.2) is 0 Å². The third-order valence-electron chi connectivity index (χ3n) is 2.16. The third-order valence-corrected chi connectivity index (χ3v) is 2.16. The standard InChI is InChI=1S/C8H17FO/c1-5-8(9,6-10)7(2,3)4/h10H,5-6H2,1-4H3. The smallest absolute Gasteiger partial charge is 0.138 e. The van der Waals surface area contributed by atoms with Gasteiger partial charge in [-0.05, 0) is 11.8 Å². The maximum Gasteiger partial charge on any atom is 0.138 e. The van der Waals surface area contributed by atoms with Crippen LogP contribution >= 0.6 is 0 Å². The van der Waals surface area contributed by atoms with Crippen LogP contribution in [0, 0.1) is 5.41 Å². The summed E-state index contributed by atoms with van der Waals surface area (Å²) in [5.41, 5.74) is -1.89.